The molecule has 0 bridgehead atoms. The minimum absolute atomic E-state index is 0.279. The zero-order chi connectivity index (χ0) is 38.9. The van der Waals surface area contributed by atoms with E-state index in [4.69, 9.17) is 19.4 Å². The van der Waals surface area contributed by atoms with Gasteiger partial charge in [0.05, 0.1) is 17.9 Å². The molecule has 2 aliphatic heterocycles. The van der Waals surface area contributed by atoms with Gasteiger partial charge in [-0.2, -0.15) is 0 Å². The third kappa shape index (κ3) is 6.46. The van der Waals surface area contributed by atoms with Crippen LogP contribution in [0, 0.1) is 33.5 Å². The maximum atomic E-state index is 15.9. The maximum absolute atomic E-state index is 15.9. The van der Waals surface area contributed by atoms with Crippen LogP contribution in [0.25, 0.3) is 39.1 Å². The van der Waals surface area contributed by atoms with E-state index in [2.05, 4.69) is 59.7 Å². The molecule has 6 heterocycles. The van der Waals surface area contributed by atoms with Gasteiger partial charge >= 0.3 is 5.97 Å². The van der Waals surface area contributed by atoms with Crippen LogP contribution in [0.15, 0.2) is 60.8 Å². The van der Waals surface area contributed by atoms with Crippen molar-refractivity contribution in [2.75, 3.05) is 18.1 Å². The van der Waals surface area contributed by atoms with Crippen molar-refractivity contribution in [2.24, 2.45) is 7.05 Å². The van der Waals surface area contributed by atoms with Crippen molar-refractivity contribution in [1.82, 2.24) is 19.1 Å². The summed E-state index contributed by atoms with van der Waals surface area (Å²) in [6, 6.07) is 18.7. The van der Waals surface area contributed by atoms with E-state index < -0.39 is 23.5 Å². The van der Waals surface area contributed by atoms with Crippen LogP contribution in [0.2, 0.25) is 0 Å². The number of pyridine rings is 2. The molecule has 2 aromatic carbocycles. The molecule has 55 heavy (non-hydrogen) atoms. The van der Waals surface area contributed by atoms with Crippen molar-refractivity contribution in [3.05, 3.63) is 112 Å². The fraction of sp³-hybridized carbons (Fsp3) is 0.356. The highest BCUT2D eigenvalue weighted by Crippen LogP contribution is 2.46. The number of hydrogen-bond acceptors (Lipinski definition) is 6. The number of rotatable bonds is 7. The molecule has 0 fully saturated rings. The van der Waals surface area contributed by atoms with Crippen LogP contribution >= 0.6 is 0 Å². The average molecular weight is 742 g/mol. The van der Waals surface area contributed by atoms with E-state index >= 15 is 4.39 Å². The predicted molar refractivity (Wildman–Crippen MR) is 214 cm³/mol. The summed E-state index contributed by atoms with van der Waals surface area (Å²) in [4.78, 5) is 25.2. The van der Waals surface area contributed by atoms with E-state index in [-0.39, 0.29) is 5.75 Å². The van der Waals surface area contributed by atoms with Gasteiger partial charge in [-0.05, 0) is 139 Å². The summed E-state index contributed by atoms with van der Waals surface area (Å²) in [5.74, 6) is -0.445. The Labute approximate surface area is 321 Å². The zero-order valence-electron chi connectivity index (χ0n) is 32.9. The number of carboxylic acid groups (broad SMARTS) is 1. The summed E-state index contributed by atoms with van der Waals surface area (Å²) in [7, 11) is 1.96. The number of anilines is 1. The van der Waals surface area contributed by atoms with Crippen LogP contribution in [0.1, 0.15) is 78.2 Å². The molecule has 0 saturated heterocycles. The lowest BCUT2D eigenvalue weighted by molar-refractivity contribution is -0.160. The largest absolute Gasteiger partial charge is 0.490 e. The minimum Gasteiger partial charge on any atom is -0.490 e. The van der Waals surface area contributed by atoms with Gasteiger partial charge in [-0.3, -0.25) is 0 Å². The van der Waals surface area contributed by atoms with E-state index in [1.807, 2.05) is 64.6 Å². The van der Waals surface area contributed by atoms with Crippen LogP contribution < -0.4 is 9.64 Å². The number of nitrogens with zero attached hydrogens (tertiary/aromatic N) is 5. The Hall–Kier alpha value is -5.48. The molecule has 10 heteroatoms. The molecule has 0 saturated carbocycles. The van der Waals surface area contributed by atoms with Gasteiger partial charge in [0.25, 0.3) is 0 Å². The lowest BCUT2D eigenvalue weighted by atomic mass is 9.86. The molecule has 0 radical (unpaired) electrons. The Morgan fingerprint density at radius 1 is 0.982 bits per heavy atom. The summed E-state index contributed by atoms with van der Waals surface area (Å²) in [5, 5.41) is 11.4. The Morgan fingerprint density at radius 3 is 2.47 bits per heavy atom. The second-order valence-corrected chi connectivity index (χ2v) is 16.0. The van der Waals surface area contributed by atoms with E-state index in [9.17, 15) is 9.90 Å². The Kier molecular flexibility index (Phi) is 9.07. The SMILES string of the molecule is Cc1nc2c(cc(-c3ccnc(N4CCc5cc(-n6c(C)ccc6C)ccc5C4)c3)n2C)c(-c2cc(F)c3c(c2C)CCCO3)c1[C@H](OC(C)(C)C)C(=O)O. The number of aromatic nitrogens is 4. The van der Waals surface area contributed by atoms with Gasteiger partial charge in [0.15, 0.2) is 17.7 Å². The van der Waals surface area contributed by atoms with Gasteiger partial charge in [-0.25, -0.2) is 19.2 Å². The number of benzene rings is 2. The van der Waals surface area contributed by atoms with Crippen LogP contribution in [0.3, 0.4) is 0 Å². The quantitative estimate of drug-likeness (QED) is 0.174. The van der Waals surface area contributed by atoms with Gasteiger partial charge in [-0.1, -0.05) is 6.07 Å². The fourth-order valence-electron chi connectivity index (χ4n) is 8.55. The van der Waals surface area contributed by atoms with E-state index in [1.54, 1.807) is 0 Å². The molecule has 1 N–H and O–H groups in total. The Morgan fingerprint density at radius 2 is 1.75 bits per heavy atom. The number of aryl methyl sites for hydroxylation is 4. The molecule has 1 atom stereocenters. The number of fused-ring (bicyclic) bond motifs is 3. The molecule has 284 valence electrons. The van der Waals surface area contributed by atoms with Gasteiger partial charge in [0, 0.05) is 76.7 Å². The number of aliphatic carboxylic acids is 1. The average Bonchev–Trinajstić information content (AvgIpc) is 3.67. The maximum Gasteiger partial charge on any atom is 0.337 e. The molecule has 0 unspecified atom stereocenters. The van der Waals surface area contributed by atoms with E-state index in [1.165, 1.54) is 34.3 Å². The monoisotopic (exact) mass is 741 g/mol. The normalized spacial score (nSPS) is 14.8. The second kappa shape index (κ2) is 13.7. The first-order valence-corrected chi connectivity index (χ1v) is 19.0. The molecular weight excluding hydrogens is 694 g/mol. The molecular formula is C45H48FN5O4. The molecule has 8 rings (SSSR count). The molecule has 4 aromatic heterocycles. The van der Waals surface area contributed by atoms with Crippen LogP contribution in [-0.4, -0.2) is 48.9 Å². The first kappa shape index (κ1) is 36.5. The van der Waals surface area contributed by atoms with E-state index in [0.29, 0.717) is 41.1 Å². The molecule has 9 nitrogen and oxygen atoms in total. The molecule has 6 aromatic rings. The topological polar surface area (TPSA) is 94.6 Å². The Bertz CT molecular complexity index is 2490. The number of carboxylic acids is 1. The highest BCUT2D eigenvalue weighted by Gasteiger charge is 2.35. The first-order chi connectivity index (χ1) is 26.2. The van der Waals surface area contributed by atoms with E-state index in [0.717, 1.165) is 59.5 Å². The highest BCUT2D eigenvalue weighted by molar-refractivity contribution is 6.01. The van der Waals surface area contributed by atoms with Crippen LogP contribution in [0.5, 0.6) is 5.75 Å². The summed E-state index contributed by atoms with van der Waals surface area (Å²) < 4.78 is 32.3. The third-order valence-electron chi connectivity index (χ3n) is 11.2. The van der Waals surface area contributed by atoms with Gasteiger partial charge < -0.3 is 28.6 Å². The van der Waals surface area contributed by atoms with Crippen molar-refractivity contribution in [2.45, 2.75) is 86.0 Å². The summed E-state index contributed by atoms with van der Waals surface area (Å²) in [6.07, 6.45) is 2.84. The summed E-state index contributed by atoms with van der Waals surface area (Å²) in [5.41, 5.74) is 11.8. The summed E-state index contributed by atoms with van der Waals surface area (Å²) in [6.45, 7) is 15.6. The number of hydrogen-bond donors (Lipinski definition) is 1. The third-order valence-corrected chi connectivity index (χ3v) is 11.2. The van der Waals surface area contributed by atoms with Crippen molar-refractivity contribution in [3.8, 4) is 33.8 Å². The molecule has 0 aliphatic carbocycles. The number of ether oxygens (including phenoxy) is 2. The number of carbonyl (C=O) groups is 1. The first-order valence-electron chi connectivity index (χ1n) is 19.0. The predicted octanol–water partition coefficient (Wildman–Crippen LogP) is 9.29. The molecule has 0 spiro atoms. The van der Waals surface area contributed by atoms with Gasteiger partial charge in [-0.15, -0.1) is 0 Å². The van der Waals surface area contributed by atoms with Crippen LogP contribution in [-0.2, 0) is 36.0 Å². The van der Waals surface area contributed by atoms with Gasteiger partial charge in [0.1, 0.15) is 11.5 Å². The van der Waals surface area contributed by atoms with Crippen molar-refractivity contribution < 1.29 is 23.8 Å². The minimum atomic E-state index is -1.34. The van der Waals surface area contributed by atoms with Crippen molar-refractivity contribution >= 4 is 22.8 Å². The standard InChI is InChI=1S/C45H48FN5O4/c1-25-11-12-26(2)51(25)32-14-13-31-24-50(18-16-29(31)20-32)38-21-30(15-17-47-38)37-23-35-40(34-22-36(46)41-33(27(34)3)10-9-19-54-41)39(28(4)48-43(35)49(37)8)42(44(52)53)55-45(5,6)7/h11-15,17,20-23,42H,9-10,16,18-19,24H2,1-8H3,(H,52,53)/t42-/m0/s1. The number of halogens is 1. The van der Waals surface area contributed by atoms with Crippen molar-refractivity contribution in [3.63, 3.8) is 0 Å². The molecule has 2 aliphatic rings. The van der Waals surface area contributed by atoms with Crippen molar-refractivity contribution in [1.29, 1.82) is 0 Å². The molecule has 0 amide bonds. The Balaban J connectivity index is 1.24. The highest BCUT2D eigenvalue weighted by atomic mass is 19.1. The summed E-state index contributed by atoms with van der Waals surface area (Å²) >= 11 is 0. The lowest BCUT2D eigenvalue weighted by Gasteiger charge is -2.30. The smallest absolute Gasteiger partial charge is 0.337 e. The zero-order valence-corrected chi connectivity index (χ0v) is 32.9. The van der Waals surface area contributed by atoms with Crippen LogP contribution in [0.4, 0.5) is 10.2 Å². The van der Waals surface area contributed by atoms with Gasteiger partial charge in [0.2, 0.25) is 0 Å². The second-order valence-electron chi connectivity index (χ2n) is 16.0. The lowest BCUT2D eigenvalue weighted by Crippen LogP contribution is -2.31. The fourth-order valence-corrected chi connectivity index (χ4v) is 8.55.